The SMILES string of the molecule is CS(=O)(=O)NNc1ncc(F)c(NNS(C)(=O)=O)n1.[Cl-]. The molecule has 0 fully saturated rings. The second-order valence-corrected chi connectivity index (χ2v) is 6.89. The molecule has 0 amide bonds. The van der Waals surface area contributed by atoms with E-state index in [0.29, 0.717) is 0 Å². The molecule has 0 unspecified atom stereocenters. The van der Waals surface area contributed by atoms with Crippen LogP contribution in [-0.2, 0) is 20.0 Å². The van der Waals surface area contributed by atoms with E-state index in [-0.39, 0.29) is 18.4 Å². The molecule has 1 heterocycles. The number of aromatic nitrogens is 2. The van der Waals surface area contributed by atoms with Gasteiger partial charge in [-0.2, -0.15) is 4.98 Å². The Balaban J connectivity index is 0.00000361. The number of rotatable bonds is 6. The highest BCUT2D eigenvalue weighted by atomic mass is 35.5. The van der Waals surface area contributed by atoms with Crippen molar-refractivity contribution in [3.8, 4) is 0 Å². The highest BCUT2D eigenvalue weighted by molar-refractivity contribution is 7.89. The lowest BCUT2D eigenvalue weighted by atomic mass is 10.5. The zero-order valence-electron chi connectivity index (χ0n) is 10.2. The van der Waals surface area contributed by atoms with Crippen molar-refractivity contribution >= 4 is 31.8 Å². The van der Waals surface area contributed by atoms with Gasteiger partial charge in [0.15, 0.2) is 11.6 Å². The molecule has 0 atom stereocenters. The zero-order chi connectivity index (χ0) is 14.7. The van der Waals surface area contributed by atoms with Gasteiger partial charge in [-0.15, -0.1) is 9.66 Å². The predicted octanol–water partition coefficient (Wildman–Crippen LogP) is -4.63. The number of hydrogen-bond acceptors (Lipinski definition) is 8. The molecule has 0 aromatic carbocycles. The number of sulfonamides is 2. The summed E-state index contributed by atoms with van der Waals surface area (Å²) in [5, 5.41) is 0. The topological polar surface area (TPSA) is 142 Å². The van der Waals surface area contributed by atoms with Gasteiger partial charge in [-0.05, 0) is 0 Å². The van der Waals surface area contributed by atoms with Gasteiger partial charge in [0.05, 0.1) is 18.7 Å². The number of halogens is 2. The van der Waals surface area contributed by atoms with Crippen molar-refractivity contribution in [1.82, 2.24) is 19.6 Å². The Morgan fingerprint density at radius 3 is 2.05 bits per heavy atom. The third-order valence-corrected chi connectivity index (χ3v) is 2.39. The monoisotopic (exact) mass is 349 g/mol. The van der Waals surface area contributed by atoms with E-state index in [4.69, 9.17) is 0 Å². The fraction of sp³-hybridized carbons (Fsp3) is 0.333. The van der Waals surface area contributed by atoms with E-state index in [1.807, 2.05) is 10.3 Å². The van der Waals surface area contributed by atoms with Crippen molar-refractivity contribution in [2.45, 2.75) is 0 Å². The first kappa shape index (κ1) is 18.7. The first-order valence-electron chi connectivity index (χ1n) is 4.55. The van der Waals surface area contributed by atoms with Gasteiger partial charge < -0.3 is 12.4 Å². The second-order valence-electron chi connectivity index (χ2n) is 3.39. The zero-order valence-corrected chi connectivity index (χ0v) is 12.6. The van der Waals surface area contributed by atoms with Crippen molar-refractivity contribution in [1.29, 1.82) is 0 Å². The first-order chi connectivity index (χ1) is 8.57. The van der Waals surface area contributed by atoms with Gasteiger partial charge in [-0.1, -0.05) is 0 Å². The molecular formula is C6H11ClFN6O4S2-. The smallest absolute Gasteiger partial charge is 0.240 e. The number of anilines is 2. The fourth-order valence-electron chi connectivity index (χ4n) is 0.794. The van der Waals surface area contributed by atoms with E-state index >= 15 is 0 Å². The van der Waals surface area contributed by atoms with Gasteiger partial charge >= 0.3 is 0 Å². The predicted molar refractivity (Wildman–Crippen MR) is 65.2 cm³/mol. The van der Waals surface area contributed by atoms with Gasteiger partial charge in [0.25, 0.3) is 0 Å². The molecule has 1 aromatic heterocycles. The quantitative estimate of drug-likeness (QED) is 0.376. The molecule has 1 aromatic rings. The lowest BCUT2D eigenvalue weighted by Gasteiger charge is -2.09. The maximum atomic E-state index is 13.2. The molecule has 0 saturated carbocycles. The van der Waals surface area contributed by atoms with Crippen LogP contribution in [0.4, 0.5) is 16.2 Å². The van der Waals surface area contributed by atoms with Crippen molar-refractivity contribution in [3.63, 3.8) is 0 Å². The molecule has 0 aliphatic carbocycles. The van der Waals surface area contributed by atoms with Gasteiger partial charge in [0, 0.05) is 0 Å². The molecule has 0 saturated heterocycles. The second kappa shape index (κ2) is 6.94. The molecule has 0 bridgehead atoms. The summed E-state index contributed by atoms with van der Waals surface area (Å²) in [5.74, 6) is -1.68. The normalized spacial score (nSPS) is 11.6. The van der Waals surface area contributed by atoms with E-state index in [9.17, 15) is 21.2 Å². The fourth-order valence-corrected chi connectivity index (χ4v) is 1.35. The summed E-state index contributed by atoms with van der Waals surface area (Å²) in [6, 6.07) is 0. The molecule has 0 radical (unpaired) electrons. The van der Waals surface area contributed by atoms with E-state index in [1.165, 1.54) is 0 Å². The van der Waals surface area contributed by atoms with E-state index in [2.05, 4.69) is 15.4 Å². The average Bonchev–Trinajstić information content (AvgIpc) is 2.24. The average molecular weight is 350 g/mol. The van der Waals surface area contributed by atoms with E-state index in [1.54, 1.807) is 4.83 Å². The molecule has 0 spiro atoms. The van der Waals surface area contributed by atoms with Crippen LogP contribution in [0, 0.1) is 5.82 Å². The highest BCUT2D eigenvalue weighted by Gasteiger charge is 2.09. The Morgan fingerprint density at radius 1 is 1.05 bits per heavy atom. The van der Waals surface area contributed by atoms with Crippen molar-refractivity contribution in [2.24, 2.45) is 0 Å². The van der Waals surface area contributed by atoms with Crippen LogP contribution in [-0.4, -0.2) is 39.3 Å². The molecule has 10 nitrogen and oxygen atoms in total. The highest BCUT2D eigenvalue weighted by Crippen LogP contribution is 2.10. The van der Waals surface area contributed by atoms with Gasteiger partial charge in [0.1, 0.15) is 0 Å². The van der Waals surface area contributed by atoms with Gasteiger partial charge in [0.2, 0.25) is 26.0 Å². The van der Waals surface area contributed by atoms with Crippen LogP contribution in [0.15, 0.2) is 6.20 Å². The number of nitrogens with zero attached hydrogens (tertiary/aromatic N) is 2. The Hall–Kier alpha value is -1.28. The summed E-state index contributed by atoms with van der Waals surface area (Å²) in [6.07, 6.45) is 2.46. The summed E-state index contributed by atoms with van der Waals surface area (Å²) in [4.78, 5) is 10.6. The minimum atomic E-state index is -3.61. The minimum absolute atomic E-state index is 0. The van der Waals surface area contributed by atoms with Gasteiger partial charge in [-0.3, -0.25) is 10.9 Å². The molecule has 14 heteroatoms. The molecule has 20 heavy (non-hydrogen) atoms. The Labute approximate surface area is 121 Å². The third kappa shape index (κ3) is 7.34. The van der Waals surface area contributed by atoms with Crippen LogP contribution in [0.2, 0.25) is 0 Å². The largest absolute Gasteiger partial charge is 1.00 e. The third-order valence-electron chi connectivity index (χ3n) is 1.45. The van der Waals surface area contributed by atoms with Crippen LogP contribution in [0.25, 0.3) is 0 Å². The Bertz CT molecular complexity index is 666. The summed E-state index contributed by atoms with van der Waals surface area (Å²) >= 11 is 0. The van der Waals surface area contributed by atoms with Crippen LogP contribution in [0.3, 0.4) is 0 Å². The maximum Gasteiger partial charge on any atom is 0.240 e. The van der Waals surface area contributed by atoms with Crippen LogP contribution >= 0.6 is 0 Å². The van der Waals surface area contributed by atoms with Crippen molar-refractivity contribution in [2.75, 3.05) is 23.4 Å². The number of hydrogen-bond donors (Lipinski definition) is 4. The Morgan fingerprint density at radius 2 is 1.55 bits per heavy atom. The molecule has 116 valence electrons. The van der Waals surface area contributed by atoms with Crippen molar-refractivity contribution < 1.29 is 33.6 Å². The van der Waals surface area contributed by atoms with Crippen LogP contribution < -0.4 is 32.9 Å². The van der Waals surface area contributed by atoms with E-state index in [0.717, 1.165) is 18.7 Å². The standard InChI is InChI=1S/C6H11FN6O4S2.ClH/c1-18(14,15)12-10-5-4(7)3-8-6(9-5)11-13-19(2,16)17;/h3,12-13H,1-2H3,(H2,8,9,10,11);1H/p-1. The first-order valence-corrected chi connectivity index (χ1v) is 8.33. The molecule has 1 rings (SSSR count). The maximum absolute atomic E-state index is 13.2. The summed E-state index contributed by atoms with van der Waals surface area (Å²) in [7, 11) is -7.16. The lowest BCUT2D eigenvalue weighted by Crippen LogP contribution is -3.00. The molecule has 0 aliphatic rings. The Kier molecular flexibility index (Phi) is 6.49. The lowest BCUT2D eigenvalue weighted by molar-refractivity contribution is -0.00000989. The summed E-state index contributed by atoms with van der Waals surface area (Å²) in [5.41, 5.74) is 4.11. The van der Waals surface area contributed by atoms with Gasteiger partial charge in [-0.25, -0.2) is 26.2 Å². The van der Waals surface area contributed by atoms with E-state index < -0.39 is 31.7 Å². The van der Waals surface area contributed by atoms with Crippen LogP contribution in [0.5, 0.6) is 0 Å². The van der Waals surface area contributed by atoms with Crippen LogP contribution in [0.1, 0.15) is 0 Å². The minimum Gasteiger partial charge on any atom is -1.00 e. The molecule has 4 N–H and O–H groups in total. The summed E-state index contributed by atoms with van der Waals surface area (Å²) < 4.78 is 56.5. The molecule has 0 aliphatic heterocycles. The summed E-state index contributed by atoms with van der Waals surface area (Å²) in [6.45, 7) is 0. The number of nitrogens with one attached hydrogen (secondary N) is 4. The molecular weight excluding hydrogens is 339 g/mol. The number of hydrazine groups is 2. The van der Waals surface area contributed by atoms with Crippen molar-refractivity contribution in [3.05, 3.63) is 12.0 Å².